The van der Waals surface area contributed by atoms with Crippen molar-refractivity contribution in [3.05, 3.63) is 59.5 Å². The Morgan fingerprint density at radius 2 is 1.96 bits per heavy atom. The van der Waals surface area contributed by atoms with Crippen molar-refractivity contribution in [3.63, 3.8) is 0 Å². The van der Waals surface area contributed by atoms with E-state index in [0.29, 0.717) is 18.1 Å². The first-order valence-electron chi connectivity index (χ1n) is 8.92. The lowest BCUT2D eigenvalue weighted by atomic mass is 10.2. The molecule has 146 valence electrons. The molecule has 3 rings (SSSR count). The number of thiazole rings is 1. The van der Waals surface area contributed by atoms with Gasteiger partial charge in [0.2, 0.25) is 5.13 Å². The van der Waals surface area contributed by atoms with E-state index in [-0.39, 0.29) is 0 Å². The molecule has 0 radical (unpaired) electrons. The van der Waals surface area contributed by atoms with Gasteiger partial charge in [0.1, 0.15) is 6.61 Å². The lowest BCUT2D eigenvalue weighted by Gasteiger charge is -2.15. The third-order valence-electron chi connectivity index (χ3n) is 3.95. The fourth-order valence-electron chi connectivity index (χ4n) is 2.50. The Hall–Kier alpha value is -2.90. The normalized spacial score (nSPS) is 11.1. The van der Waals surface area contributed by atoms with Gasteiger partial charge in [-0.15, -0.1) is 11.3 Å². The Balaban J connectivity index is 1.69. The molecule has 0 bridgehead atoms. The van der Waals surface area contributed by atoms with Crippen LogP contribution in [0.25, 0.3) is 11.3 Å². The quantitative estimate of drug-likeness (QED) is 0.434. The second-order valence-electron chi connectivity index (χ2n) is 6.30. The summed E-state index contributed by atoms with van der Waals surface area (Å²) in [7, 11) is 5.65. The van der Waals surface area contributed by atoms with E-state index < -0.39 is 0 Å². The van der Waals surface area contributed by atoms with Crippen molar-refractivity contribution in [1.82, 2.24) is 9.88 Å². The average molecular weight is 397 g/mol. The van der Waals surface area contributed by atoms with E-state index in [2.05, 4.69) is 20.4 Å². The van der Waals surface area contributed by atoms with Crippen LogP contribution in [-0.2, 0) is 0 Å². The van der Waals surface area contributed by atoms with Gasteiger partial charge >= 0.3 is 0 Å². The number of hydrogen-bond donors (Lipinski definition) is 1. The molecule has 0 saturated heterocycles. The van der Waals surface area contributed by atoms with E-state index in [4.69, 9.17) is 9.47 Å². The highest BCUT2D eigenvalue weighted by atomic mass is 32.1. The minimum atomic E-state index is 0.564. The average Bonchev–Trinajstić information content (AvgIpc) is 3.18. The number of ether oxygens (including phenoxy) is 2. The number of hydrazone groups is 1. The zero-order valence-corrected chi connectivity index (χ0v) is 17.1. The molecule has 0 aliphatic rings. The van der Waals surface area contributed by atoms with E-state index >= 15 is 0 Å². The topological polar surface area (TPSA) is 59.0 Å². The fraction of sp³-hybridized carbons (Fsp3) is 0.238. The Kier molecular flexibility index (Phi) is 7.00. The van der Waals surface area contributed by atoms with Crippen LogP contribution in [0.1, 0.15) is 5.56 Å². The van der Waals surface area contributed by atoms with Gasteiger partial charge < -0.3 is 14.4 Å². The van der Waals surface area contributed by atoms with Crippen LogP contribution < -0.4 is 14.9 Å². The maximum absolute atomic E-state index is 5.94. The molecule has 0 fully saturated rings. The lowest BCUT2D eigenvalue weighted by Crippen LogP contribution is -2.20. The van der Waals surface area contributed by atoms with Crippen molar-refractivity contribution in [2.45, 2.75) is 0 Å². The first-order valence-corrected chi connectivity index (χ1v) is 9.80. The standard InChI is InChI=1S/C21H24N4O2S/c1-25(2)12-13-27-20-17(10-7-11-19(20)26-3)14-22-24-21-23-18(15-28-21)16-8-5-4-6-9-16/h4-11,14-15H,12-13H2,1-3H3,(H,23,24). The molecule has 6 nitrogen and oxygen atoms in total. The highest BCUT2D eigenvalue weighted by Gasteiger charge is 2.09. The van der Waals surface area contributed by atoms with Gasteiger partial charge in [0.25, 0.3) is 0 Å². The molecule has 1 N–H and O–H groups in total. The lowest BCUT2D eigenvalue weighted by molar-refractivity contribution is 0.250. The largest absolute Gasteiger partial charge is 0.493 e. The Morgan fingerprint density at radius 3 is 2.71 bits per heavy atom. The molecule has 0 unspecified atom stereocenters. The van der Waals surface area contributed by atoms with Gasteiger partial charge in [-0.25, -0.2) is 4.98 Å². The molecule has 0 spiro atoms. The maximum Gasteiger partial charge on any atom is 0.203 e. The predicted molar refractivity (Wildman–Crippen MR) is 116 cm³/mol. The number of likely N-dealkylation sites (N-methyl/N-ethyl adjacent to an activating group) is 1. The van der Waals surface area contributed by atoms with Gasteiger partial charge in [-0.1, -0.05) is 36.4 Å². The van der Waals surface area contributed by atoms with Crippen LogP contribution >= 0.6 is 11.3 Å². The fourth-order valence-corrected chi connectivity index (χ4v) is 3.17. The van der Waals surface area contributed by atoms with Gasteiger partial charge in [-0.05, 0) is 26.2 Å². The molecule has 7 heteroatoms. The van der Waals surface area contributed by atoms with Crippen LogP contribution in [0.5, 0.6) is 11.5 Å². The minimum Gasteiger partial charge on any atom is -0.493 e. The molecule has 1 heterocycles. The first kappa shape index (κ1) is 19.9. The smallest absolute Gasteiger partial charge is 0.203 e. The summed E-state index contributed by atoms with van der Waals surface area (Å²) >= 11 is 1.51. The van der Waals surface area contributed by atoms with Crippen molar-refractivity contribution >= 4 is 22.7 Å². The van der Waals surface area contributed by atoms with Crippen molar-refractivity contribution < 1.29 is 9.47 Å². The molecule has 0 amide bonds. The number of benzene rings is 2. The Morgan fingerprint density at radius 1 is 1.14 bits per heavy atom. The molecule has 0 saturated carbocycles. The Bertz CT molecular complexity index is 910. The van der Waals surface area contributed by atoms with Crippen molar-refractivity contribution in [2.24, 2.45) is 5.10 Å². The number of nitrogens with zero attached hydrogens (tertiary/aromatic N) is 3. The molecule has 1 aromatic heterocycles. The number of nitrogens with one attached hydrogen (secondary N) is 1. The van der Waals surface area contributed by atoms with E-state index in [1.54, 1.807) is 13.3 Å². The Labute approximate surface area is 169 Å². The number of aromatic nitrogens is 1. The summed E-state index contributed by atoms with van der Waals surface area (Å²) in [5.74, 6) is 1.37. The summed E-state index contributed by atoms with van der Waals surface area (Å²) in [6.45, 7) is 1.38. The SMILES string of the molecule is COc1cccc(C=NNc2nc(-c3ccccc3)cs2)c1OCCN(C)C. The van der Waals surface area contributed by atoms with Gasteiger partial charge in [0, 0.05) is 23.1 Å². The van der Waals surface area contributed by atoms with Crippen LogP contribution in [0.4, 0.5) is 5.13 Å². The van der Waals surface area contributed by atoms with Gasteiger partial charge in [0.05, 0.1) is 19.0 Å². The predicted octanol–water partition coefficient (Wildman–Crippen LogP) is 4.21. The molecule has 0 aliphatic heterocycles. The number of para-hydroxylation sites is 1. The number of methoxy groups -OCH3 is 1. The van der Waals surface area contributed by atoms with E-state index in [9.17, 15) is 0 Å². The molecular weight excluding hydrogens is 372 g/mol. The number of hydrogen-bond acceptors (Lipinski definition) is 7. The van der Waals surface area contributed by atoms with E-state index in [1.165, 1.54) is 11.3 Å². The second kappa shape index (κ2) is 9.87. The van der Waals surface area contributed by atoms with Crippen LogP contribution in [0.2, 0.25) is 0 Å². The minimum absolute atomic E-state index is 0.564. The van der Waals surface area contributed by atoms with Crippen LogP contribution in [0, 0.1) is 0 Å². The summed E-state index contributed by atoms with van der Waals surface area (Å²) in [4.78, 5) is 6.64. The summed E-state index contributed by atoms with van der Waals surface area (Å²) in [5, 5.41) is 7.06. The van der Waals surface area contributed by atoms with Crippen LogP contribution in [0.15, 0.2) is 59.0 Å². The second-order valence-corrected chi connectivity index (χ2v) is 7.16. The van der Waals surface area contributed by atoms with Gasteiger partial charge in [0.15, 0.2) is 11.5 Å². The summed E-state index contributed by atoms with van der Waals surface area (Å²) in [6, 6.07) is 15.8. The monoisotopic (exact) mass is 396 g/mol. The molecule has 0 atom stereocenters. The number of rotatable bonds is 9. The maximum atomic E-state index is 5.94. The van der Waals surface area contributed by atoms with E-state index in [0.717, 1.165) is 28.5 Å². The number of anilines is 1. The third-order valence-corrected chi connectivity index (χ3v) is 4.70. The van der Waals surface area contributed by atoms with Crippen LogP contribution in [-0.4, -0.2) is 50.5 Å². The highest BCUT2D eigenvalue weighted by Crippen LogP contribution is 2.30. The molecular formula is C21H24N4O2S. The van der Waals surface area contributed by atoms with Crippen molar-refractivity contribution in [2.75, 3.05) is 39.8 Å². The molecule has 28 heavy (non-hydrogen) atoms. The summed E-state index contributed by atoms with van der Waals surface area (Å²) in [6.07, 6.45) is 1.72. The molecule has 3 aromatic rings. The third kappa shape index (κ3) is 5.31. The van der Waals surface area contributed by atoms with Crippen LogP contribution in [0.3, 0.4) is 0 Å². The van der Waals surface area contributed by atoms with E-state index in [1.807, 2.05) is 68.0 Å². The van der Waals surface area contributed by atoms with Crippen molar-refractivity contribution in [3.8, 4) is 22.8 Å². The summed E-state index contributed by atoms with van der Waals surface area (Å²) in [5.41, 5.74) is 5.84. The zero-order chi connectivity index (χ0) is 19.8. The van der Waals surface area contributed by atoms with Gasteiger partial charge in [-0.2, -0.15) is 5.10 Å². The zero-order valence-electron chi connectivity index (χ0n) is 16.3. The molecule has 2 aromatic carbocycles. The van der Waals surface area contributed by atoms with Crippen molar-refractivity contribution in [1.29, 1.82) is 0 Å². The first-order chi connectivity index (χ1) is 13.7. The highest BCUT2D eigenvalue weighted by molar-refractivity contribution is 7.14. The summed E-state index contributed by atoms with van der Waals surface area (Å²) < 4.78 is 11.4. The molecule has 0 aliphatic carbocycles. The van der Waals surface area contributed by atoms with Gasteiger partial charge in [-0.3, -0.25) is 5.43 Å².